The minimum Gasteiger partial charge on any atom is -0.427 e. The van der Waals surface area contributed by atoms with Crippen LogP contribution in [0.1, 0.15) is 17.3 Å². The molecule has 0 spiro atoms. The van der Waals surface area contributed by atoms with E-state index in [0.29, 0.717) is 11.6 Å². The topological polar surface area (TPSA) is 64.7 Å². The standard InChI is InChI=1S/C9H10N4OS/c1-6-3-7(2)12-9(11-6)15-4-8-13-10-5-14-8/h3,5H,4H2,1-2H3. The van der Waals surface area contributed by atoms with Gasteiger partial charge in [0.25, 0.3) is 0 Å². The maximum Gasteiger partial charge on any atom is 0.226 e. The zero-order chi connectivity index (χ0) is 10.7. The average Bonchev–Trinajstić information content (AvgIpc) is 2.65. The molecule has 6 heteroatoms. The molecule has 0 fully saturated rings. The van der Waals surface area contributed by atoms with Crippen LogP contribution in [0.3, 0.4) is 0 Å². The van der Waals surface area contributed by atoms with Crippen LogP contribution < -0.4 is 0 Å². The molecule has 15 heavy (non-hydrogen) atoms. The maximum absolute atomic E-state index is 5.02. The van der Waals surface area contributed by atoms with Crippen molar-refractivity contribution in [1.29, 1.82) is 0 Å². The fourth-order valence-electron chi connectivity index (χ4n) is 1.14. The Kier molecular flexibility index (Phi) is 2.96. The highest BCUT2D eigenvalue weighted by Gasteiger charge is 2.04. The molecule has 0 saturated carbocycles. The molecule has 0 aliphatic rings. The van der Waals surface area contributed by atoms with Crippen molar-refractivity contribution in [3.8, 4) is 0 Å². The van der Waals surface area contributed by atoms with Crippen molar-refractivity contribution in [3.63, 3.8) is 0 Å². The van der Waals surface area contributed by atoms with E-state index in [2.05, 4.69) is 20.2 Å². The van der Waals surface area contributed by atoms with Gasteiger partial charge in [0.1, 0.15) is 0 Å². The van der Waals surface area contributed by atoms with Gasteiger partial charge in [-0.1, -0.05) is 11.8 Å². The Hall–Kier alpha value is -1.43. The van der Waals surface area contributed by atoms with Gasteiger partial charge in [0.2, 0.25) is 12.3 Å². The number of thioether (sulfide) groups is 1. The molecule has 5 nitrogen and oxygen atoms in total. The Morgan fingerprint density at radius 2 is 2.00 bits per heavy atom. The van der Waals surface area contributed by atoms with E-state index in [9.17, 15) is 0 Å². The summed E-state index contributed by atoms with van der Waals surface area (Å²) in [4.78, 5) is 8.59. The molecule has 0 bridgehead atoms. The Labute approximate surface area is 91.3 Å². The predicted octanol–water partition coefficient (Wildman–Crippen LogP) is 1.77. The molecule has 0 aliphatic heterocycles. The number of aryl methyl sites for hydroxylation is 2. The second-order valence-electron chi connectivity index (χ2n) is 3.05. The first kappa shape index (κ1) is 10.1. The van der Waals surface area contributed by atoms with Crippen molar-refractivity contribution in [3.05, 3.63) is 29.7 Å². The van der Waals surface area contributed by atoms with E-state index < -0.39 is 0 Å². The third-order valence-electron chi connectivity index (χ3n) is 1.69. The quantitative estimate of drug-likeness (QED) is 0.582. The van der Waals surface area contributed by atoms with Crippen LogP contribution in [-0.2, 0) is 5.75 Å². The lowest BCUT2D eigenvalue weighted by atomic mass is 10.4. The van der Waals surface area contributed by atoms with Gasteiger partial charge in [-0.05, 0) is 19.9 Å². The van der Waals surface area contributed by atoms with Gasteiger partial charge in [0, 0.05) is 11.4 Å². The third-order valence-corrected chi connectivity index (χ3v) is 2.52. The molecule has 0 amide bonds. The fourth-order valence-corrected chi connectivity index (χ4v) is 1.94. The van der Waals surface area contributed by atoms with E-state index >= 15 is 0 Å². The second-order valence-corrected chi connectivity index (χ2v) is 4.00. The summed E-state index contributed by atoms with van der Waals surface area (Å²) in [7, 11) is 0. The van der Waals surface area contributed by atoms with Gasteiger partial charge in [0.15, 0.2) is 5.16 Å². The zero-order valence-corrected chi connectivity index (χ0v) is 9.28. The first-order valence-corrected chi connectivity index (χ1v) is 5.43. The normalized spacial score (nSPS) is 10.5. The van der Waals surface area contributed by atoms with Crippen LogP contribution >= 0.6 is 11.8 Å². The van der Waals surface area contributed by atoms with Gasteiger partial charge in [-0.2, -0.15) is 0 Å². The Balaban J connectivity index is 2.05. The molecular formula is C9H10N4OS. The van der Waals surface area contributed by atoms with E-state index in [-0.39, 0.29) is 0 Å². The molecule has 2 rings (SSSR count). The lowest BCUT2D eigenvalue weighted by molar-refractivity contribution is 0.514. The highest BCUT2D eigenvalue weighted by molar-refractivity contribution is 7.98. The number of nitrogens with zero attached hydrogens (tertiary/aromatic N) is 4. The number of aromatic nitrogens is 4. The summed E-state index contributed by atoms with van der Waals surface area (Å²) in [5.41, 5.74) is 1.94. The highest BCUT2D eigenvalue weighted by Crippen LogP contribution is 2.18. The minimum atomic E-state index is 0.586. The largest absolute Gasteiger partial charge is 0.427 e. The van der Waals surface area contributed by atoms with Crippen molar-refractivity contribution in [2.24, 2.45) is 0 Å². The predicted molar refractivity (Wildman–Crippen MR) is 55.4 cm³/mol. The minimum absolute atomic E-state index is 0.586. The average molecular weight is 222 g/mol. The summed E-state index contributed by atoms with van der Waals surface area (Å²) < 4.78 is 5.02. The van der Waals surface area contributed by atoms with Crippen LogP contribution in [0.25, 0.3) is 0 Å². The molecule has 0 saturated heterocycles. The van der Waals surface area contributed by atoms with E-state index in [4.69, 9.17) is 4.42 Å². The van der Waals surface area contributed by atoms with Crippen LogP contribution in [0.15, 0.2) is 22.0 Å². The molecule has 0 unspecified atom stereocenters. The van der Waals surface area contributed by atoms with Crippen molar-refractivity contribution < 1.29 is 4.42 Å². The summed E-state index contributed by atoms with van der Waals surface area (Å²) in [5.74, 6) is 1.19. The summed E-state index contributed by atoms with van der Waals surface area (Å²) in [6.45, 7) is 3.90. The smallest absolute Gasteiger partial charge is 0.226 e. The summed E-state index contributed by atoms with van der Waals surface area (Å²) >= 11 is 1.49. The van der Waals surface area contributed by atoms with E-state index in [1.807, 2.05) is 19.9 Å². The van der Waals surface area contributed by atoms with Crippen LogP contribution in [0.2, 0.25) is 0 Å². The molecule has 2 aromatic heterocycles. The van der Waals surface area contributed by atoms with Crippen LogP contribution in [0.4, 0.5) is 0 Å². The SMILES string of the molecule is Cc1cc(C)nc(SCc2nnco2)n1. The van der Waals surface area contributed by atoms with Crippen molar-refractivity contribution >= 4 is 11.8 Å². The monoisotopic (exact) mass is 222 g/mol. The highest BCUT2D eigenvalue weighted by atomic mass is 32.2. The molecule has 0 aromatic carbocycles. The van der Waals surface area contributed by atoms with E-state index in [1.165, 1.54) is 18.2 Å². The van der Waals surface area contributed by atoms with E-state index in [1.54, 1.807) is 0 Å². The third kappa shape index (κ3) is 2.76. The Bertz CT molecular complexity index is 423. The fraction of sp³-hybridized carbons (Fsp3) is 0.333. The van der Waals surface area contributed by atoms with Crippen molar-refractivity contribution in [2.75, 3.05) is 0 Å². The molecule has 78 valence electrons. The number of hydrogen-bond acceptors (Lipinski definition) is 6. The van der Waals surface area contributed by atoms with Crippen LogP contribution in [-0.4, -0.2) is 20.2 Å². The van der Waals surface area contributed by atoms with Gasteiger partial charge < -0.3 is 4.42 Å². The lowest BCUT2D eigenvalue weighted by Gasteiger charge is -2.00. The summed E-state index contributed by atoms with van der Waals surface area (Å²) in [6.07, 6.45) is 1.32. The molecule has 0 atom stereocenters. The van der Waals surface area contributed by atoms with Crippen LogP contribution in [0, 0.1) is 13.8 Å². The number of hydrogen-bond donors (Lipinski definition) is 0. The molecule has 2 heterocycles. The second kappa shape index (κ2) is 4.39. The zero-order valence-electron chi connectivity index (χ0n) is 8.47. The molecule has 0 N–H and O–H groups in total. The van der Waals surface area contributed by atoms with Gasteiger partial charge in [-0.15, -0.1) is 10.2 Å². The molecular weight excluding hydrogens is 212 g/mol. The van der Waals surface area contributed by atoms with E-state index in [0.717, 1.165) is 16.5 Å². The maximum atomic E-state index is 5.02. The summed E-state index contributed by atoms with van der Waals surface area (Å²) in [5, 5.41) is 8.12. The first-order valence-electron chi connectivity index (χ1n) is 4.44. The van der Waals surface area contributed by atoms with Crippen LogP contribution in [0.5, 0.6) is 0 Å². The molecule has 2 aromatic rings. The van der Waals surface area contributed by atoms with Gasteiger partial charge in [-0.25, -0.2) is 9.97 Å². The summed E-state index contributed by atoms with van der Waals surface area (Å²) in [6, 6.07) is 1.94. The Morgan fingerprint density at radius 3 is 2.60 bits per heavy atom. The number of rotatable bonds is 3. The van der Waals surface area contributed by atoms with Crippen molar-refractivity contribution in [2.45, 2.75) is 24.8 Å². The molecule has 0 aliphatic carbocycles. The van der Waals surface area contributed by atoms with Gasteiger partial charge >= 0.3 is 0 Å². The van der Waals surface area contributed by atoms with Crippen molar-refractivity contribution in [1.82, 2.24) is 20.2 Å². The van der Waals surface area contributed by atoms with Gasteiger partial charge in [0.05, 0.1) is 5.75 Å². The first-order chi connectivity index (χ1) is 7.24. The lowest BCUT2D eigenvalue weighted by Crippen LogP contribution is -1.93. The Morgan fingerprint density at radius 1 is 1.27 bits per heavy atom. The van der Waals surface area contributed by atoms with Gasteiger partial charge in [-0.3, -0.25) is 0 Å². The molecule has 0 radical (unpaired) electrons.